The fourth-order valence-electron chi connectivity index (χ4n) is 4.34. The normalized spacial score (nSPS) is 18.4. The Morgan fingerprint density at radius 1 is 1.06 bits per heavy atom. The number of aromatic nitrogens is 1. The second-order valence-corrected chi connectivity index (χ2v) is 8.29. The van der Waals surface area contributed by atoms with Crippen molar-refractivity contribution in [2.75, 3.05) is 25.6 Å². The van der Waals surface area contributed by atoms with Gasteiger partial charge in [-0.05, 0) is 67.9 Å². The molecule has 0 atom stereocenters. The average molecular weight is 436 g/mol. The minimum Gasteiger partial charge on any atom is -0.385 e. The Morgan fingerprint density at radius 2 is 1.81 bits per heavy atom. The Morgan fingerprint density at radius 3 is 2.56 bits per heavy atom. The summed E-state index contributed by atoms with van der Waals surface area (Å²) in [5.41, 5.74) is 2.61. The number of ether oxygens (including phenoxy) is 1. The van der Waals surface area contributed by atoms with Crippen molar-refractivity contribution in [1.29, 1.82) is 0 Å². The second kappa shape index (κ2) is 10.4. The molecule has 0 saturated heterocycles. The summed E-state index contributed by atoms with van der Waals surface area (Å²) in [6.45, 7) is 1.34. The van der Waals surface area contributed by atoms with Crippen molar-refractivity contribution in [2.24, 2.45) is 5.92 Å². The Labute approximate surface area is 187 Å². The third-order valence-electron chi connectivity index (χ3n) is 6.15. The van der Waals surface area contributed by atoms with Crippen LogP contribution in [0.3, 0.4) is 0 Å². The molecule has 0 aliphatic heterocycles. The number of benzene rings is 2. The lowest BCUT2D eigenvalue weighted by atomic mass is 9.78. The van der Waals surface area contributed by atoms with Gasteiger partial charge in [0.05, 0.1) is 5.39 Å². The van der Waals surface area contributed by atoms with E-state index < -0.39 is 0 Å². The summed E-state index contributed by atoms with van der Waals surface area (Å²) in [4.78, 5) is 24.9. The van der Waals surface area contributed by atoms with E-state index in [2.05, 4.69) is 27.9 Å². The molecule has 1 saturated carbocycles. The van der Waals surface area contributed by atoms with Gasteiger partial charge in [0.25, 0.3) is 5.91 Å². The number of anilines is 1. The molecule has 7 nitrogen and oxygen atoms in total. The van der Waals surface area contributed by atoms with E-state index in [0.717, 1.165) is 32.1 Å². The van der Waals surface area contributed by atoms with Crippen LogP contribution in [0.2, 0.25) is 0 Å². The molecule has 7 heteroatoms. The van der Waals surface area contributed by atoms with Crippen molar-refractivity contribution in [2.45, 2.75) is 38.0 Å². The predicted molar refractivity (Wildman–Crippen MR) is 123 cm³/mol. The molecule has 32 heavy (non-hydrogen) atoms. The summed E-state index contributed by atoms with van der Waals surface area (Å²) in [7, 11) is 1.67. The van der Waals surface area contributed by atoms with E-state index >= 15 is 0 Å². The van der Waals surface area contributed by atoms with E-state index in [4.69, 9.17) is 9.26 Å². The smallest absolute Gasteiger partial charge is 0.294 e. The fraction of sp³-hybridized carbons (Fsp3) is 0.400. The lowest BCUT2D eigenvalue weighted by Gasteiger charge is -2.28. The van der Waals surface area contributed by atoms with Gasteiger partial charge in [-0.15, -0.1) is 0 Å². The fourth-order valence-corrected chi connectivity index (χ4v) is 4.34. The van der Waals surface area contributed by atoms with Crippen LogP contribution in [0.4, 0.5) is 5.69 Å². The van der Waals surface area contributed by atoms with Crippen molar-refractivity contribution < 1.29 is 18.8 Å². The average Bonchev–Trinajstić information content (AvgIpc) is 3.27. The van der Waals surface area contributed by atoms with Crippen LogP contribution < -0.4 is 10.6 Å². The summed E-state index contributed by atoms with van der Waals surface area (Å²) in [6.07, 6.45) is 4.63. The predicted octanol–water partition coefficient (Wildman–Crippen LogP) is 4.51. The molecule has 3 aromatic rings. The van der Waals surface area contributed by atoms with E-state index in [-0.39, 0.29) is 23.5 Å². The van der Waals surface area contributed by atoms with Gasteiger partial charge in [0.2, 0.25) is 11.7 Å². The molecule has 0 spiro atoms. The van der Waals surface area contributed by atoms with Gasteiger partial charge < -0.3 is 19.9 Å². The van der Waals surface area contributed by atoms with Gasteiger partial charge in [-0.1, -0.05) is 29.4 Å². The first-order valence-electron chi connectivity index (χ1n) is 11.2. The zero-order valence-electron chi connectivity index (χ0n) is 18.3. The number of amides is 2. The van der Waals surface area contributed by atoms with E-state index in [1.165, 1.54) is 5.56 Å². The highest BCUT2D eigenvalue weighted by Crippen LogP contribution is 2.36. The van der Waals surface area contributed by atoms with Gasteiger partial charge in [-0.2, -0.15) is 0 Å². The monoisotopic (exact) mass is 435 g/mol. The highest BCUT2D eigenvalue weighted by molar-refractivity contribution is 6.10. The highest BCUT2D eigenvalue weighted by Gasteiger charge is 2.27. The topological polar surface area (TPSA) is 93.5 Å². The van der Waals surface area contributed by atoms with Crippen LogP contribution in [0.5, 0.6) is 0 Å². The molecule has 1 aliphatic carbocycles. The molecule has 0 radical (unpaired) electrons. The molecular formula is C25H29N3O4. The van der Waals surface area contributed by atoms with Crippen LogP contribution in [0, 0.1) is 5.92 Å². The van der Waals surface area contributed by atoms with E-state index in [9.17, 15) is 9.59 Å². The van der Waals surface area contributed by atoms with Crippen LogP contribution in [0.15, 0.2) is 53.1 Å². The lowest BCUT2D eigenvalue weighted by Crippen LogP contribution is -2.33. The van der Waals surface area contributed by atoms with Crippen molar-refractivity contribution in [1.82, 2.24) is 10.5 Å². The van der Waals surface area contributed by atoms with Crippen molar-refractivity contribution in [3.63, 3.8) is 0 Å². The third-order valence-corrected chi connectivity index (χ3v) is 6.15. The maximum absolute atomic E-state index is 12.6. The van der Waals surface area contributed by atoms with E-state index in [0.29, 0.717) is 35.7 Å². The number of nitrogens with one attached hydrogen (secondary N) is 2. The number of hydrogen-bond donors (Lipinski definition) is 2. The Hall–Kier alpha value is -3.19. The quantitative estimate of drug-likeness (QED) is 0.508. The number of carbonyl (C=O) groups excluding carboxylic acids is 2. The zero-order chi connectivity index (χ0) is 22.3. The zero-order valence-corrected chi connectivity index (χ0v) is 18.3. The summed E-state index contributed by atoms with van der Waals surface area (Å²) in [6, 6.07) is 15.3. The molecule has 0 unspecified atom stereocenters. The first-order chi connectivity index (χ1) is 15.7. The largest absolute Gasteiger partial charge is 0.385 e. The first-order valence-corrected chi connectivity index (χ1v) is 11.2. The van der Waals surface area contributed by atoms with Crippen LogP contribution in [0.25, 0.3) is 10.9 Å². The molecular weight excluding hydrogens is 406 g/mol. The van der Waals surface area contributed by atoms with Crippen molar-refractivity contribution in [3.8, 4) is 0 Å². The first kappa shape index (κ1) is 22.0. The molecule has 1 fully saturated rings. The Balaban J connectivity index is 1.29. The van der Waals surface area contributed by atoms with Gasteiger partial charge in [0.15, 0.2) is 0 Å². The van der Waals surface area contributed by atoms with Gasteiger partial charge in [-0.25, -0.2) is 0 Å². The SMILES string of the molecule is COCCCNC(=O)[C@H]1CC[C@H](c2ccc(NC(=O)c3onc4ccccc34)cc2)CC1. The van der Waals surface area contributed by atoms with Crippen LogP contribution in [-0.2, 0) is 9.53 Å². The number of fused-ring (bicyclic) bond motifs is 1. The van der Waals surface area contributed by atoms with Crippen molar-refractivity contribution in [3.05, 3.63) is 59.9 Å². The molecule has 0 bridgehead atoms. The van der Waals surface area contributed by atoms with Crippen LogP contribution in [0.1, 0.15) is 54.1 Å². The molecule has 168 valence electrons. The molecule has 1 heterocycles. The van der Waals surface area contributed by atoms with Gasteiger partial charge in [-0.3, -0.25) is 9.59 Å². The maximum Gasteiger partial charge on any atom is 0.294 e. The van der Waals surface area contributed by atoms with E-state index in [1.54, 1.807) is 7.11 Å². The third kappa shape index (κ3) is 5.16. The Bertz CT molecular complexity index is 1050. The number of rotatable bonds is 8. The lowest BCUT2D eigenvalue weighted by molar-refractivity contribution is -0.126. The van der Waals surface area contributed by atoms with Gasteiger partial charge in [0, 0.05) is 31.9 Å². The summed E-state index contributed by atoms with van der Waals surface area (Å²) in [5, 5.41) is 10.5. The van der Waals surface area contributed by atoms with E-state index in [1.807, 2.05) is 36.4 Å². The molecule has 2 aromatic carbocycles. The number of nitrogens with zero attached hydrogens (tertiary/aromatic N) is 1. The maximum atomic E-state index is 12.6. The minimum absolute atomic E-state index is 0.101. The number of hydrogen-bond acceptors (Lipinski definition) is 5. The van der Waals surface area contributed by atoms with Gasteiger partial charge >= 0.3 is 0 Å². The molecule has 2 N–H and O–H groups in total. The van der Waals surface area contributed by atoms with Gasteiger partial charge in [0.1, 0.15) is 5.52 Å². The summed E-state index contributed by atoms with van der Waals surface area (Å²) in [5.74, 6) is 0.601. The molecule has 4 rings (SSSR count). The number of carbonyl (C=O) groups is 2. The van der Waals surface area contributed by atoms with Crippen molar-refractivity contribution >= 4 is 28.4 Å². The minimum atomic E-state index is -0.316. The summed E-state index contributed by atoms with van der Waals surface area (Å²) < 4.78 is 10.2. The highest BCUT2D eigenvalue weighted by atomic mass is 16.5. The standard InChI is InChI=1S/C25H29N3O4/c1-31-16-4-15-26-24(29)19-9-7-17(8-10-19)18-11-13-20(14-12-18)27-25(30)23-21-5-2-3-6-22(21)28-32-23/h2-3,5-6,11-14,17,19H,4,7-10,15-16H2,1H3,(H,26,29)(H,27,30)/t17-,19-. The summed E-state index contributed by atoms with van der Waals surface area (Å²) >= 11 is 0. The molecule has 1 aromatic heterocycles. The number of methoxy groups -OCH3 is 1. The molecule has 1 aliphatic rings. The van der Waals surface area contributed by atoms with Crippen LogP contribution in [-0.4, -0.2) is 37.2 Å². The van der Waals surface area contributed by atoms with Crippen LogP contribution >= 0.6 is 0 Å². The molecule has 2 amide bonds. The Kier molecular flexibility index (Phi) is 7.17. The second-order valence-electron chi connectivity index (χ2n) is 8.29.